The number of carbonyl (C=O) groups is 2. The Bertz CT molecular complexity index is 539. The fourth-order valence-electron chi connectivity index (χ4n) is 1.90. The molecule has 2 atom stereocenters. The molecule has 1 heterocycles. The number of amides is 2. The maximum Gasteiger partial charge on any atom is 0.253 e. The zero-order valence-electron chi connectivity index (χ0n) is 10.3. The van der Waals surface area contributed by atoms with Crippen LogP contribution in [-0.2, 0) is 9.59 Å². The summed E-state index contributed by atoms with van der Waals surface area (Å²) in [7, 11) is 0. The van der Waals surface area contributed by atoms with Crippen molar-refractivity contribution < 1.29 is 23.5 Å². The van der Waals surface area contributed by atoms with Crippen molar-refractivity contribution in [1.82, 2.24) is 10.7 Å². The fraction of sp³-hybridized carbons (Fsp3) is 0.333. The molecule has 4 N–H and O–H groups in total. The Hall–Kier alpha value is -2.22. The number of nitrogens with one attached hydrogen (secondary N) is 3. The molecule has 6 nitrogen and oxygen atoms in total. The third-order valence-electron chi connectivity index (χ3n) is 2.96. The summed E-state index contributed by atoms with van der Waals surface area (Å²) < 4.78 is 26.3. The smallest absolute Gasteiger partial charge is 0.253 e. The summed E-state index contributed by atoms with van der Waals surface area (Å²) in [6.45, 7) is 0.287. The number of hydrazine groups is 1. The highest BCUT2D eigenvalue weighted by Gasteiger charge is 2.36. The lowest BCUT2D eigenvalue weighted by molar-refractivity contribution is -0.142. The van der Waals surface area contributed by atoms with Crippen LogP contribution in [0.2, 0.25) is 0 Å². The summed E-state index contributed by atoms with van der Waals surface area (Å²) in [6.07, 6.45) is -0.860. The number of halogens is 2. The van der Waals surface area contributed by atoms with Crippen LogP contribution in [0, 0.1) is 17.6 Å². The van der Waals surface area contributed by atoms with Gasteiger partial charge in [0.2, 0.25) is 5.91 Å². The first-order valence-corrected chi connectivity index (χ1v) is 5.96. The minimum Gasteiger partial charge on any atom is -0.392 e. The molecule has 8 heteroatoms. The highest BCUT2D eigenvalue weighted by Crippen LogP contribution is 2.16. The summed E-state index contributed by atoms with van der Waals surface area (Å²) >= 11 is 0. The van der Waals surface area contributed by atoms with E-state index >= 15 is 0 Å². The van der Waals surface area contributed by atoms with Gasteiger partial charge in [-0.05, 0) is 18.6 Å². The number of aliphatic hydroxyl groups excluding tert-OH is 1. The van der Waals surface area contributed by atoms with E-state index in [0.29, 0.717) is 0 Å². The number of aliphatic hydroxyl groups is 1. The standard InChI is InChI=1S/C12H13F2N3O3/c13-6-2-1-3-7(10(6)14)16-17-12(20)9-8(18)4-5-15-11(9)19/h1-3,8-9,16,18H,4-5H2,(H,15,19)(H,17,20). The Morgan fingerprint density at radius 3 is 2.85 bits per heavy atom. The molecule has 0 bridgehead atoms. The van der Waals surface area contributed by atoms with Gasteiger partial charge in [-0.1, -0.05) is 6.07 Å². The van der Waals surface area contributed by atoms with E-state index in [1.165, 1.54) is 12.1 Å². The van der Waals surface area contributed by atoms with Gasteiger partial charge in [0.1, 0.15) is 5.92 Å². The van der Waals surface area contributed by atoms with Crippen LogP contribution < -0.4 is 16.2 Å². The number of benzene rings is 1. The Labute approximate surface area is 113 Å². The van der Waals surface area contributed by atoms with Crippen LogP contribution in [0.5, 0.6) is 0 Å². The molecule has 0 radical (unpaired) electrons. The molecule has 2 amide bonds. The van der Waals surface area contributed by atoms with Crippen LogP contribution in [0.15, 0.2) is 18.2 Å². The van der Waals surface area contributed by atoms with Gasteiger partial charge in [-0.25, -0.2) is 8.78 Å². The van der Waals surface area contributed by atoms with Crippen LogP contribution in [0.4, 0.5) is 14.5 Å². The molecule has 2 rings (SSSR count). The van der Waals surface area contributed by atoms with E-state index in [2.05, 4.69) is 16.2 Å². The van der Waals surface area contributed by atoms with E-state index in [1.54, 1.807) is 0 Å². The zero-order valence-corrected chi connectivity index (χ0v) is 10.3. The van der Waals surface area contributed by atoms with Gasteiger partial charge in [-0.2, -0.15) is 0 Å². The second kappa shape index (κ2) is 5.83. The highest BCUT2D eigenvalue weighted by atomic mass is 19.2. The summed E-state index contributed by atoms with van der Waals surface area (Å²) in [6, 6.07) is 3.41. The maximum atomic E-state index is 13.3. The van der Waals surface area contributed by atoms with Crippen molar-refractivity contribution in [3.63, 3.8) is 0 Å². The summed E-state index contributed by atoms with van der Waals surface area (Å²) in [5.41, 5.74) is 3.99. The van der Waals surface area contributed by atoms with Gasteiger partial charge in [0, 0.05) is 6.54 Å². The minimum atomic E-state index is -1.28. The second-order valence-corrected chi connectivity index (χ2v) is 4.34. The van der Waals surface area contributed by atoms with E-state index in [4.69, 9.17) is 0 Å². The predicted molar refractivity (Wildman–Crippen MR) is 65.2 cm³/mol. The molecule has 1 saturated heterocycles. The quantitative estimate of drug-likeness (QED) is 0.461. The maximum absolute atomic E-state index is 13.3. The lowest BCUT2D eigenvalue weighted by Crippen LogP contribution is -2.53. The lowest BCUT2D eigenvalue weighted by atomic mass is 9.95. The Kier molecular flexibility index (Phi) is 4.14. The number of hydrogen-bond donors (Lipinski definition) is 4. The van der Waals surface area contributed by atoms with Crippen molar-refractivity contribution >= 4 is 17.5 Å². The van der Waals surface area contributed by atoms with Gasteiger partial charge in [0.05, 0.1) is 11.8 Å². The number of hydrogen-bond acceptors (Lipinski definition) is 4. The molecule has 0 spiro atoms. The Balaban J connectivity index is 2.01. The zero-order chi connectivity index (χ0) is 14.7. The summed E-state index contributed by atoms with van der Waals surface area (Å²) in [5.74, 6) is -4.94. The Morgan fingerprint density at radius 2 is 2.15 bits per heavy atom. The number of anilines is 1. The predicted octanol–water partition coefficient (Wildman–Crippen LogP) is -0.0951. The van der Waals surface area contributed by atoms with Gasteiger partial charge in [0.15, 0.2) is 11.6 Å². The molecule has 0 aromatic heterocycles. The van der Waals surface area contributed by atoms with E-state index in [0.717, 1.165) is 6.07 Å². The van der Waals surface area contributed by atoms with Crippen molar-refractivity contribution in [3.8, 4) is 0 Å². The molecule has 108 valence electrons. The summed E-state index contributed by atoms with van der Waals surface area (Å²) in [4.78, 5) is 23.3. The molecular weight excluding hydrogens is 272 g/mol. The first-order chi connectivity index (χ1) is 9.50. The van der Waals surface area contributed by atoms with E-state index in [1.807, 2.05) is 0 Å². The molecule has 1 aliphatic heterocycles. The van der Waals surface area contributed by atoms with Crippen molar-refractivity contribution in [1.29, 1.82) is 0 Å². The largest absolute Gasteiger partial charge is 0.392 e. The fourth-order valence-corrected chi connectivity index (χ4v) is 1.90. The minimum absolute atomic E-state index is 0.248. The van der Waals surface area contributed by atoms with E-state index in [9.17, 15) is 23.5 Å². The Morgan fingerprint density at radius 1 is 1.40 bits per heavy atom. The molecule has 0 saturated carbocycles. The molecule has 20 heavy (non-hydrogen) atoms. The van der Waals surface area contributed by atoms with Crippen molar-refractivity contribution in [2.75, 3.05) is 12.0 Å². The average molecular weight is 285 g/mol. The third kappa shape index (κ3) is 2.85. The number of rotatable bonds is 3. The third-order valence-corrected chi connectivity index (χ3v) is 2.96. The molecule has 1 aromatic rings. The first kappa shape index (κ1) is 14.2. The van der Waals surface area contributed by atoms with Crippen molar-refractivity contribution in [2.45, 2.75) is 12.5 Å². The van der Waals surface area contributed by atoms with Crippen LogP contribution >= 0.6 is 0 Å². The SMILES string of the molecule is O=C1NCCC(O)C1C(=O)NNc1cccc(F)c1F. The van der Waals surface area contributed by atoms with Gasteiger partial charge in [-0.3, -0.25) is 20.4 Å². The van der Waals surface area contributed by atoms with Gasteiger partial charge >= 0.3 is 0 Å². The highest BCUT2D eigenvalue weighted by molar-refractivity contribution is 6.01. The molecule has 1 aliphatic rings. The molecule has 1 fully saturated rings. The van der Waals surface area contributed by atoms with Crippen molar-refractivity contribution in [3.05, 3.63) is 29.8 Å². The van der Waals surface area contributed by atoms with Gasteiger partial charge in [-0.15, -0.1) is 0 Å². The van der Waals surface area contributed by atoms with E-state index in [-0.39, 0.29) is 18.7 Å². The molecule has 2 unspecified atom stereocenters. The molecule has 1 aromatic carbocycles. The van der Waals surface area contributed by atoms with Crippen LogP contribution in [0.3, 0.4) is 0 Å². The van der Waals surface area contributed by atoms with Crippen LogP contribution in [-0.4, -0.2) is 29.6 Å². The van der Waals surface area contributed by atoms with Gasteiger partial charge in [0.25, 0.3) is 5.91 Å². The van der Waals surface area contributed by atoms with Crippen molar-refractivity contribution in [2.24, 2.45) is 5.92 Å². The molecule has 0 aliphatic carbocycles. The first-order valence-electron chi connectivity index (χ1n) is 5.96. The van der Waals surface area contributed by atoms with Gasteiger partial charge < -0.3 is 10.4 Å². The molecular formula is C12H13F2N3O3. The average Bonchev–Trinajstić information content (AvgIpc) is 2.40. The summed E-state index contributed by atoms with van der Waals surface area (Å²) in [5, 5.41) is 12.1. The topological polar surface area (TPSA) is 90.5 Å². The lowest BCUT2D eigenvalue weighted by Gasteiger charge is -2.26. The van der Waals surface area contributed by atoms with E-state index < -0.39 is 35.5 Å². The van der Waals surface area contributed by atoms with Crippen LogP contribution in [0.1, 0.15) is 6.42 Å². The second-order valence-electron chi connectivity index (χ2n) is 4.34. The normalized spacial score (nSPS) is 22.1. The monoisotopic (exact) mass is 285 g/mol. The number of piperidine rings is 1. The van der Waals surface area contributed by atoms with Crippen LogP contribution in [0.25, 0.3) is 0 Å². The number of carbonyl (C=O) groups excluding carboxylic acids is 2.